The zero-order valence-electron chi connectivity index (χ0n) is 19.5. The fourth-order valence-corrected chi connectivity index (χ4v) is 4.30. The highest BCUT2D eigenvalue weighted by molar-refractivity contribution is 5.79. The second-order valence-corrected chi connectivity index (χ2v) is 8.92. The van der Waals surface area contributed by atoms with Crippen molar-refractivity contribution in [3.8, 4) is 22.6 Å². The Labute approximate surface area is 196 Å². The van der Waals surface area contributed by atoms with Crippen molar-refractivity contribution in [1.82, 2.24) is 14.5 Å². The Morgan fingerprint density at radius 2 is 1.64 bits per heavy atom. The number of allylic oxidation sites excluding steroid dienone is 1. The third-order valence-electron chi connectivity index (χ3n) is 6.37. The first-order valence-corrected chi connectivity index (χ1v) is 11.7. The monoisotopic (exact) mass is 434 g/mol. The molecule has 1 unspecified atom stereocenters. The highest BCUT2D eigenvalue weighted by Gasteiger charge is 2.23. The fraction of sp³-hybridized carbons (Fsp3) is 0.241. The predicted octanol–water partition coefficient (Wildman–Crippen LogP) is 6.89. The van der Waals surface area contributed by atoms with Crippen LogP contribution < -0.4 is 5.32 Å². The van der Waals surface area contributed by atoms with Crippen molar-refractivity contribution in [1.29, 1.82) is 0 Å². The zero-order valence-corrected chi connectivity index (χ0v) is 19.5. The van der Waals surface area contributed by atoms with Crippen LogP contribution in [0.4, 0.5) is 5.82 Å². The van der Waals surface area contributed by atoms with Gasteiger partial charge in [-0.2, -0.15) is 0 Å². The van der Waals surface area contributed by atoms with Crippen LogP contribution in [0.25, 0.3) is 28.8 Å². The molecule has 2 aromatic carbocycles. The van der Waals surface area contributed by atoms with Crippen LogP contribution in [0.15, 0.2) is 72.8 Å². The van der Waals surface area contributed by atoms with Gasteiger partial charge in [0.1, 0.15) is 11.6 Å². The molecule has 2 aromatic heterocycles. The summed E-state index contributed by atoms with van der Waals surface area (Å²) in [4.78, 5) is 10.1. The number of benzene rings is 2. The first kappa shape index (κ1) is 21.2. The number of nitrogens with zero attached hydrogens (tertiary/aromatic N) is 3. The van der Waals surface area contributed by atoms with Crippen molar-refractivity contribution >= 4 is 12.0 Å². The maximum Gasteiger partial charge on any atom is 0.126 e. The Morgan fingerprint density at radius 1 is 0.909 bits per heavy atom. The molecule has 0 radical (unpaired) electrons. The number of fused-ring (bicyclic) bond motifs is 1. The van der Waals surface area contributed by atoms with E-state index < -0.39 is 0 Å². The van der Waals surface area contributed by atoms with Gasteiger partial charge in [0.15, 0.2) is 0 Å². The third kappa shape index (κ3) is 4.47. The lowest BCUT2D eigenvalue weighted by Crippen LogP contribution is -2.11. The number of hydrogen-bond acceptors (Lipinski definition) is 3. The Morgan fingerprint density at radius 3 is 2.36 bits per heavy atom. The Kier molecular flexibility index (Phi) is 5.82. The molecule has 5 rings (SSSR count). The molecule has 4 nitrogen and oxygen atoms in total. The highest BCUT2D eigenvalue weighted by atomic mass is 15.1. The molecule has 0 bridgehead atoms. The van der Waals surface area contributed by atoms with E-state index in [0.717, 1.165) is 53.7 Å². The van der Waals surface area contributed by atoms with Gasteiger partial charge < -0.3 is 9.88 Å². The maximum absolute atomic E-state index is 5.11. The topological polar surface area (TPSA) is 42.7 Å². The van der Waals surface area contributed by atoms with Gasteiger partial charge in [-0.05, 0) is 43.9 Å². The van der Waals surface area contributed by atoms with E-state index in [2.05, 4.69) is 104 Å². The molecule has 166 valence electrons. The van der Waals surface area contributed by atoms with Crippen LogP contribution in [-0.2, 0) is 13.0 Å². The zero-order chi connectivity index (χ0) is 22.8. The average Bonchev–Trinajstić information content (AvgIpc) is 3.23. The van der Waals surface area contributed by atoms with E-state index in [-0.39, 0.29) is 0 Å². The number of aromatic nitrogens is 3. The van der Waals surface area contributed by atoms with Crippen molar-refractivity contribution in [3.05, 3.63) is 95.3 Å². The van der Waals surface area contributed by atoms with Gasteiger partial charge in [-0.25, -0.2) is 9.97 Å². The van der Waals surface area contributed by atoms with Gasteiger partial charge in [0.25, 0.3) is 0 Å². The molecule has 4 aromatic rings. The number of rotatable bonds is 6. The quantitative estimate of drug-likeness (QED) is 0.359. The molecule has 0 amide bonds. The average molecular weight is 435 g/mol. The molecule has 1 N–H and O–H groups in total. The molecular weight excluding hydrogens is 404 g/mol. The lowest BCUT2D eigenvalue weighted by atomic mass is 10.0. The lowest BCUT2D eigenvalue weighted by molar-refractivity contribution is 0.587. The van der Waals surface area contributed by atoms with Crippen LogP contribution in [0.5, 0.6) is 0 Å². The second kappa shape index (κ2) is 9.07. The first-order chi connectivity index (χ1) is 16.1. The van der Waals surface area contributed by atoms with Gasteiger partial charge in [0.2, 0.25) is 0 Å². The number of hydrogen-bond donors (Lipinski definition) is 1. The summed E-state index contributed by atoms with van der Waals surface area (Å²) in [5.41, 5.74) is 7.86. The Bertz CT molecular complexity index is 1280. The van der Waals surface area contributed by atoms with Crippen LogP contribution in [-0.4, -0.2) is 14.5 Å². The van der Waals surface area contributed by atoms with E-state index >= 15 is 0 Å². The summed E-state index contributed by atoms with van der Waals surface area (Å²) < 4.78 is 2.23. The number of pyridine rings is 1. The molecule has 0 spiro atoms. The molecule has 1 aliphatic rings. The van der Waals surface area contributed by atoms with Gasteiger partial charge in [0.05, 0.1) is 17.1 Å². The van der Waals surface area contributed by atoms with Gasteiger partial charge in [-0.3, -0.25) is 0 Å². The highest BCUT2D eigenvalue weighted by Crippen LogP contribution is 2.35. The summed E-state index contributed by atoms with van der Waals surface area (Å²) in [6.45, 7) is 7.20. The molecule has 4 heteroatoms. The second-order valence-electron chi connectivity index (χ2n) is 8.92. The summed E-state index contributed by atoms with van der Waals surface area (Å²) in [5, 5.41) is 3.49. The first-order valence-electron chi connectivity index (χ1n) is 11.7. The molecule has 1 aliphatic heterocycles. The minimum Gasteiger partial charge on any atom is -0.366 e. The SMILES string of the molecule is CCC1C=Cn2c(nc(-c3ccc(C)cc3)c2-c2cccc(NCc3ccc(C)cc3)n2)C1. The summed E-state index contributed by atoms with van der Waals surface area (Å²) in [6, 6.07) is 23.4. The maximum atomic E-state index is 5.11. The molecule has 3 heterocycles. The van der Waals surface area contributed by atoms with E-state index in [1.165, 1.54) is 16.7 Å². The lowest BCUT2D eigenvalue weighted by Gasteiger charge is -2.17. The summed E-state index contributed by atoms with van der Waals surface area (Å²) >= 11 is 0. The van der Waals surface area contributed by atoms with Gasteiger partial charge in [-0.15, -0.1) is 0 Å². The third-order valence-corrected chi connectivity index (χ3v) is 6.37. The number of aryl methyl sites for hydroxylation is 2. The van der Waals surface area contributed by atoms with E-state index in [0.29, 0.717) is 5.92 Å². The van der Waals surface area contributed by atoms with Crippen molar-refractivity contribution in [2.75, 3.05) is 5.32 Å². The largest absolute Gasteiger partial charge is 0.366 e. The molecular formula is C29H30N4. The number of nitrogens with one attached hydrogen (secondary N) is 1. The van der Waals surface area contributed by atoms with Crippen LogP contribution in [0.1, 0.15) is 35.9 Å². The van der Waals surface area contributed by atoms with E-state index in [1.54, 1.807) is 0 Å². The summed E-state index contributed by atoms with van der Waals surface area (Å²) in [5.74, 6) is 2.51. The van der Waals surface area contributed by atoms with Crippen molar-refractivity contribution in [2.24, 2.45) is 5.92 Å². The smallest absolute Gasteiger partial charge is 0.126 e. The van der Waals surface area contributed by atoms with E-state index in [4.69, 9.17) is 9.97 Å². The standard InChI is InChI=1S/C29H30N4/c1-4-22-16-17-33-27(18-22)32-28(24-14-10-21(3)11-15-24)29(33)25-6-5-7-26(31-25)30-19-23-12-8-20(2)9-13-23/h5-17,22H,4,18-19H2,1-3H3,(H,30,31). The van der Waals surface area contributed by atoms with Crippen LogP contribution in [0.2, 0.25) is 0 Å². The Hall–Kier alpha value is -3.66. The van der Waals surface area contributed by atoms with Crippen LogP contribution in [0.3, 0.4) is 0 Å². The Balaban J connectivity index is 1.52. The van der Waals surface area contributed by atoms with E-state index in [9.17, 15) is 0 Å². The van der Waals surface area contributed by atoms with Crippen LogP contribution >= 0.6 is 0 Å². The molecule has 1 atom stereocenters. The molecule has 0 saturated carbocycles. The minimum atomic E-state index is 0.536. The van der Waals surface area contributed by atoms with Crippen molar-refractivity contribution in [3.63, 3.8) is 0 Å². The normalized spacial score (nSPS) is 14.8. The molecule has 0 aliphatic carbocycles. The number of anilines is 1. The molecule has 0 saturated heterocycles. The molecule has 0 fully saturated rings. The van der Waals surface area contributed by atoms with Crippen molar-refractivity contribution < 1.29 is 0 Å². The molecule has 33 heavy (non-hydrogen) atoms. The minimum absolute atomic E-state index is 0.536. The van der Waals surface area contributed by atoms with Gasteiger partial charge in [0, 0.05) is 24.7 Å². The van der Waals surface area contributed by atoms with E-state index in [1.807, 2.05) is 6.07 Å². The number of imidazole rings is 1. The summed E-state index contributed by atoms with van der Waals surface area (Å²) in [6.07, 6.45) is 6.56. The predicted molar refractivity (Wildman–Crippen MR) is 137 cm³/mol. The fourth-order valence-electron chi connectivity index (χ4n) is 4.30. The van der Waals surface area contributed by atoms with Crippen molar-refractivity contribution in [2.45, 2.75) is 40.2 Å². The van der Waals surface area contributed by atoms with Gasteiger partial charge >= 0.3 is 0 Å². The summed E-state index contributed by atoms with van der Waals surface area (Å²) in [7, 11) is 0. The van der Waals surface area contributed by atoms with Crippen LogP contribution in [0, 0.1) is 19.8 Å². The van der Waals surface area contributed by atoms with Gasteiger partial charge in [-0.1, -0.05) is 78.7 Å².